The van der Waals surface area contributed by atoms with E-state index in [2.05, 4.69) is 5.73 Å². The van der Waals surface area contributed by atoms with Gasteiger partial charge in [0.1, 0.15) is 0 Å². The third-order valence-corrected chi connectivity index (χ3v) is 0. The normalized spacial score (nSPS) is 1.20. The fraction of sp³-hybridized carbons (Fsp3) is 1.00. The summed E-state index contributed by atoms with van der Waals surface area (Å²) in [5.41, 5.74) is 3.25. The standard InChI is InChI=1S/CH5N.BrH.HI.Pb.H/c1-2;;;;/h2H2,1H3;2*1H;;/q;;;+1;/p-1. The Bertz CT molecular complexity index is 11.6. The Kier molecular flexibility index (Phi) is 199. The van der Waals surface area contributed by atoms with Crippen LogP contribution in [0.15, 0.2) is 0 Å². The molecule has 0 aromatic heterocycles. The van der Waals surface area contributed by atoms with Crippen LogP contribution in [0.1, 0.15) is 0 Å². The molecule has 1 nitrogen and oxygen atoms in total. The van der Waals surface area contributed by atoms with Crippen LogP contribution in [-0.2, 0) is 0 Å². The molecule has 0 aromatic carbocycles. The van der Waals surface area contributed by atoms with Gasteiger partial charge in [-0.05, 0) is 0 Å². The van der Waals surface area contributed by atoms with E-state index in [1.54, 1.807) is 7.05 Å². The van der Waals surface area contributed by atoms with E-state index < -0.39 is 0 Å². The Morgan fingerprint density at radius 1 is 1.20 bits per heavy atom. The van der Waals surface area contributed by atoms with Crippen molar-refractivity contribution < 1.29 is 46.7 Å². The molecule has 34 valence electrons. The van der Waals surface area contributed by atoms with Gasteiger partial charge in [-0.25, -0.2) is 0 Å². The van der Waals surface area contributed by atoms with Crippen molar-refractivity contribution in [1.82, 2.24) is 0 Å². The Morgan fingerprint density at radius 2 is 1.20 bits per heavy atom. The number of halogens is 2. The first kappa shape index (κ1) is 27.5. The number of hydrogen-bond donors (Lipinski definition) is 1. The predicted molar refractivity (Wildman–Crippen MR) is 16.0 cm³/mol. The van der Waals surface area contributed by atoms with Crippen LogP contribution in [0.3, 0.4) is 0 Å². The molecule has 0 saturated heterocycles. The van der Waals surface area contributed by atoms with E-state index >= 15 is 0 Å². The second kappa shape index (κ2) is 36.1. The first-order chi connectivity index (χ1) is 1.00. The summed E-state index contributed by atoms with van der Waals surface area (Å²) in [5.74, 6) is 0. The van der Waals surface area contributed by atoms with Crippen LogP contribution in [0.5, 0.6) is 0 Å². The third-order valence-electron chi connectivity index (χ3n) is 0. The average Bonchev–Trinajstić information content (AvgIpc) is 1.00. The van der Waals surface area contributed by atoms with Crippen molar-refractivity contribution in [2.75, 3.05) is 7.05 Å². The van der Waals surface area contributed by atoms with Gasteiger partial charge in [0.15, 0.2) is 0 Å². The van der Waals surface area contributed by atoms with E-state index in [9.17, 15) is 0 Å². The Labute approximate surface area is 80.0 Å². The fourth-order valence-corrected chi connectivity index (χ4v) is 0. The molecular formula is CH7BrINPb. The summed E-state index contributed by atoms with van der Waals surface area (Å²) in [4.78, 5) is 0. The molecule has 0 aliphatic heterocycles. The van der Waals surface area contributed by atoms with Crippen LogP contribution in [0.25, 0.3) is 0 Å². The molecule has 2 radical (unpaired) electrons. The minimum atomic E-state index is 0. The predicted octanol–water partition coefficient (Wildman–Crippen LogP) is -7.78. The first-order valence-corrected chi connectivity index (χ1v) is 0.707. The molecule has 0 fully saturated rings. The third kappa shape index (κ3) is 23.3. The van der Waals surface area contributed by atoms with Crippen molar-refractivity contribution in [2.45, 2.75) is 0 Å². The van der Waals surface area contributed by atoms with Crippen LogP contribution in [-0.4, -0.2) is 34.3 Å². The molecule has 5 heavy (non-hydrogen) atoms. The summed E-state index contributed by atoms with van der Waals surface area (Å²) < 4.78 is 0. The molecule has 0 amide bonds. The summed E-state index contributed by atoms with van der Waals surface area (Å²) >= 11 is 0. The minimum absolute atomic E-state index is 0. The van der Waals surface area contributed by atoms with Crippen molar-refractivity contribution in [1.29, 1.82) is 0 Å². The molecule has 0 unspecified atom stereocenters. The quantitative estimate of drug-likeness (QED) is 0.283. The molecule has 0 rings (SSSR count). The molecule has 0 aliphatic rings. The summed E-state index contributed by atoms with van der Waals surface area (Å²) in [5, 5.41) is 0. The van der Waals surface area contributed by atoms with Gasteiger partial charge < -0.3 is 46.7 Å². The molecule has 4 heteroatoms. The van der Waals surface area contributed by atoms with Gasteiger partial charge in [-0.15, -0.1) is 0 Å². The van der Waals surface area contributed by atoms with E-state index in [1.165, 1.54) is 0 Å². The maximum absolute atomic E-state index is 3.25. The zero-order valence-electron chi connectivity index (χ0n) is 3.04. The van der Waals surface area contributed by atoms with Gasteiger partial charge in [0.25, 0.3) is 0 Å². The molecule has 0 aliphatic carbocycles. The molecule has 0 spiro atoms. The topological polar surface area (TPSA) is 27.6 Å². The molecular weight excluding hydrogens is 440 g/mol. The van der Waals surface area contributed by atoms with Gasteiger partial charge in [-0.3, -0.25) is 0 Å². The SMILES string of the molecule is C[NH3+].[Br-].[I-].[PbH+]. The molecule has 0 atom stereocenters. The second-order valence-corrected chi connectivity index (χ2v) is 0. The zero-order valence-corrected chi connectivity index (χ0v) is 11.3. The summed E-state index contributed by atoms with van der Waals surface area (Å²) in [6, 6.07) is 0. The molecule has 3 N–H and O–H groups in total. The van der Waals surface area contributed by atoms with Crippen molar-refractivity contribution in [3.05, 3.63) is 0 Å². The van der Waals surface area contributed by atoms with Gasteiger partial charge >= 0.3 is 27.3 Å². The average molecular weight is 447 g/mol. The maximum atomic E-state index is 3.25. The Balaban J connectivity index is -0.00000000167. The summed E-state index contributed by atoms with van der Waals surface area (Å²) in [6.07, 6.45) is 0. The van der Waals surface area contributed by atoms with Crippen molar-refractivity contribution >= 4 is 27.3 Å². The van der Waals surface area contributed by atoms with Gasteiger partial charge in [0.2, 0.25) is 0 Å². The van der Waals surface area contributed by atoms with Crippen LogP contribution < -0.4 is 46.7 Å². The van der Waals surface area contributed by atoms with Crippen molar-refractivity contribution in [2.24, 2.45) is 0 Å². The van der Waals surface area contributed by atoms with E-state index in [4.69, 9.17) is 0 Å². The van der Waals surface area contributed by atoms with Crippen LogP contribution in [0.2, 0.25) is 0 Å². The van der Waals surface area contributed by atoms with E-state index in [-0.39, 0.29) is 68.3 Å². The van der Waals surface area contributed by atoms with Crippen LogP contribution in [0, 0.1) is 0 Å². The van der Waals surface area contributed by atoms with Crippen molar-refractivity contribution in [3.8, 4) is 0 Å². The van der Waals surface area contributed by atoms with E-state index in [0.29, 0.717) is 0 Å². The zero-order chi connectivity index (χ0) is 2.00. The molecule has 0 aromatic rings. The van der Waals surface area contributed by atoms with Crippen LogP contribution >= 0.6 is 0 Å². The van der Waals surface area contributed by atoms with E-state index in [1.807, 2.05) is 0 Å². The first-order valence-electron chi connectivity index (χ1n) is 0.707. The number of quaternary nitrogens is 1. The number of rotatable bonds is 0. The van der Waals surface area contributed by atoms with Gasteiger partial charge in [0, 0.05) is 0 Å². The van der Waals surface area contributed by atoms with Crippen molar-refractivity contribution in [3.63, 3.8) is 0 Å². The van der Waals surface area contributed by atoms with Gasteiger partial charge in [-0.1, -0.05) is 0 Å². The Hall–Kier alpha value is 2.09. The molecule has 0 heterocycles. The fourth-order valence-electron chi connectivity index (χ4n) is 0. The molecule has 0 saturated carbocycles. The van der Waals surface area contributed by atoms with Crippen LogP contribution in [0.4, 0.5) is 0 Å². The van der Waals surface area contributed by atoms with Gasteiger partial charge in [-0.2, -0.15) is 0 Å². The summed E-state index contributed by atoms with van der Waals surface area (Å²) in [6.45, 7) is 0. The monoisotopic (exact) mass is 447 g/mol. The molecule has 0 bridgehead atoms. The van der Waals surface area contributed by atoms with E-state index in [0.717, 1.165) is 0 Å². The van der Waals surface area contributed by atoms with Gasteiger partial charge in [0.05, 0.1) is 7.05 Å². The summed E-state index contributed by atoms with van der Waals surface area (Å²) in [7, 11) is 1.75. The Morgan fingerprint density at radius 3 is 1.20 bits per heavy atom. The number of hydrogen-bond acceptors (Lipinski definition) is 0. The second-order valence-electron chi connectivity index (χ2n) is 0.